The fourth-order valence-corrected chi connectivity index (χ4v) is 6.76. The molecule has 0 aromatic carbocycles. The standard InChI is InChI=1S/C17H15N3O9S4/c1-2-6-12(27)18(3-7(21)22)15(31-6)10-13(28)19(4-8(23)24)16(32-10)11-14(29)20(5-9(25)26)17(30)33-11/h2,12,27H,3-5H2,1H3,(H,21,22)(H,23,24)(H,25,26)/b6-2+,15-10-,16-11-. The van der Waals surface area contributed by atoms with Crippen LogP contribution in [0.2, 0.25) is 0 Å². The Labute approximate surface area is 202 Å². The molecule has 1 atom stereocenters. The number of carbonyl (C=O) groups excluding carboxylic acids is 1. The molecule has 3 heterocycles. The highest BCUT2D eigenvalue weighted by Gasteiger charge is 2.37. The number of aliphatic hydroxyl groups excluding tert-OH is 1. The SMILES string of the molecule is C/C=C1/S/C(=c2\s/c(=C3\SC(=S)N(CC(=O)O)C3=O)n(CC(=O)O)c2=O)N(CC(=O)O)C1O. The third-order valence-corrected chi connectivity index (χ3v) is 8.52. The van der Waals surface area contributed by atoms with Crippen molar-refractivity contribution in [3.05, 3.63) is 30.5 Å². The van der Waals surface area contributed by atoms with Crippen LogP contribution in [0.4, 0.5) is 0 Å². The van der Waals surface area contributed by atoms with Crippen molar-refractivity contribution < 1.29 is 39.6 Å². The van der Waals surface area contributed by atoms with Crippen LogP contribution in [0.15, 0.2) is 15.8 Å². The van der Waals surface area contributed by atoms with Gasteiger partial charge in [0.1, 0.15) is 43.1 Å². The van der Waals surface area contributed by atoms with Gasteiger partial charge in [0, 0.05) is 4.91 Å². The second kappa shape index (κ2) is 9.68. The number of thiocarbonyl (C=S) groups is 1. The lowest BCUT2D eigenvalue weighted by atomic mass is 10.4. The molecular formula is C17H15N3O9S4. The lowest BCUT2D eigenvalue weighted by molar-refractivity contribution is -0.140. The van der Waals surface area contributed by atoms with E-state index in [9.17, 15) is 39.3 Å². The van der Waals surface area contributed by atoms with Crippen LogP contribution in [0.5, 0.6) is 0 Å². The summed E-state index contributed by atoms with van der Waals surface area (Å²) in [6.07, 6.45) is 0.229. The fourth-order valence-electron chi connectivity index (χ4n) is 2.97. The van der Waals surface area contributed by atoms with Crippen LogP contribution in [-0.2, 0) is 25.7 Å². The van der Waals surface area contributed by atoms with Crippen molar-refractivity contribution in [2.75, 3.05) is 13.1 Å². The first-order chi connectivity index (χ1) is 15.5. The minimum Gasteiger partial charge on any atom is -0.480 e. The van der Waals surface area contributed by atoms with Crippen molar-refractivity contribution in [3.63, 3.8) is 0 Å². The summed E-state index contributed by atoms with van der Waals surface area (Å²) in [4.78, 5) is 61.9. The number of carbonyl (C=O) groups is 4. The molecule has 0 aliphatic carbocycles. The smallest absolute Gasteiger partial charge is 0.323 e. The Hall–Kier alpha value is -2.66. The summed E-state index contributed by atoms with van der Waals surface area (Å²) in [5.41, 5.74) is -0.802. The van der Waals surface area contributed by atoms with Gasteiger partial charge < -0.3 is 25.3 Å². The maximum absolute atomic E-state index is 13.2. The van der Waals surface area contributed by atoms with Crippen LogP contribution in [-0.4, -0.2) is 82.2 Å². The van der Waals surface area contributed by atoms with Gasteiger partial charge in [-0.2, -0.15) is 0 Å². The van der Waals surface area contributed by atoms with Gasteiger partial charge in [-0.3, -0.25) is 33.4 Å². The lowest BCUT2D eigenvalue weighted by Crippen LogP contribution is -2.39. The molecule has 2 fully saturated rings. The molecule has 176 valence electrons. The van der Waals surface area contributed by atoms with Crippen molar-refractivity contribution in [2.45, 2.75) is 19.7 Å². The molecule has 33 heavy (non-hydrogen) atoms. The topological polar surface area (TPSA) is 178 Å². The maximum Gasteiger partial charge on any atom is 0.323 e. The highest BCUT2D eigenvalue weighted by atomic mass is 32.2. The van der Waals surface area contributed by atoms with Gasteiger partial charge in [-0.25, -0.2) is 0 Å². The predicted octanol–water partition coefficient (Wildman–Crippen LogP) is -1.53. The third kappa shape index (κ3) is 4.84. The molecule has 4 N–H and O–H groups in total. The van der Waals surface area contributed by atoms with Gasteiger partial charge in [0.05, 0.1) is 0 Å². The first-order valence-electron chi connectivity index (χ1n) is 8.92. The van der Waals surface area contributed by atoms with Crippen molar-refractivity contribution in [1.29, 1.82) is 0 Å². The van der Waals surface area contributed by atoms with E-state index < -0.39 is 55.2 Å². The van der Waals surface area contributed by atoms with Crippen molar-refractivity contribution >= 4 is 85.1 Å². The monoisotopic (exact) mass is 533 g/mol. The lowest BCUT2D eigenvalue weighted by Gasteiger charge is -2.19. The van der Waals surface area contributed by atoms with Gasteiger partial charge in [0.25, 0.3) is 11.5 Å². The molecular weight excluding hydrogens is 518 g/mol. The number of aromatic nitrogens is 1. The predicted molar refractivity (Wildman–Crippen MR) is 124 cm³/mol. The summed E-state index contributed by atoms with van der Waals surface area (Å²) in [6.45, 7) is -0.513. The Kier molecular flexibility index (Phi) is 7.32. The van der Waals surface area contributed by atoms with E-state index in [1.54, 1.807) is 13.0 Å². The molecule has 2 aliphatic heterocycles. The number of thioether (sulfide) groups is 2. The van der Waals surface area contributed by atoms with E-state index in [0.717, 1.165) is 49.2 Å². The molecule has 0 bridgehead atoms. The molecule has 1 unspecified atom stereocenters. The van der Waals surface area contributed by atoms with Gasteiger partial charge in [-0.15, -0.1) is 11.3 Å². The van der Waals surface area contributed by atoms with Crippen LogP contribution in [0, 0.1) is 0 Å². The number of carboxylic acids is 3. The molecule has 1 aromatic heterocycles. The number of hydrogen-bond acceptors (Lipinski definition) is 11. The van der Waals surface area contributed by atoms with E-state index in [4.69, 9.17) is 17.3 Å². The average Bonchev–Trinajstić information content (AvgIpc) is 3.29. The second-order valence-electron chi connectivity index (χ2n) is 6.50. The van der Waals surface area contributed by atoms with Crippen molar-refractivity contribution in [2.24, 2.45) is 0 Å². The Balaban J connectivity index is 2.33. The van der Waals surface area contributed by atoms with Crippen molar-refractivity contribution in [1.82, 2.24) is 14.4 Å². The van der Waals surface area contributed by atoms with E-state index in [-0.39, 0.29) is 23.4 Å². The summed E-state index contributed by atoms with van der Waals surface area (Å²) in [5, 5.41) is 38.1. The Morgan fingerprint density at radius 3 is 2.18 bits per heavy atom. The molecule has 0 saturated carbocycles. The second-order valence-corrected chi connectivity index (χ2v) is 10.2. The summed E-state index contributed by atoms with van der Waals surface area (Å²) < 4.78 is 0.636. The van der Waals surface area contributed by atoms with Gasteiger partial charge in [0.2, 0.25) is 0 Å². The first-order valence-corrected chi connectivity index (χ1v) is 11.8. The number of thiazole rings is 1. The minimum absolute atomic E-state index is 0.0607. The Morgan fingerprint density at radius 2 is 1.64 bits per heavy atom. The Bertz CT molecular complexity index is 1300. The molecule has 12 nitrogen and oxygen atoms in total. The van der Waals surface area contributed by atoms with Crippen LogP contribution >= 0.6 is 47.1 Å². The first kappa shape index (κ1) is 25.0. The zero-order valence-electron chi connectivity index (χ0n) is 16.6. The van der Waals surface area contributed by atoms with E-state index in [1.807, 2.05) is 0 Å². The summed E-state index contributed by atoms with van der Waals surface area (Å²) in [7, 11) is 0. The molecule has 16 heteroatoms. The molecule has 3 rings (SSSR count). The fraction of sp³-hybridized carbons (Fsp3) is 0.294. The largest absolute Gasteiger partial charge is 0.480 e. The van der Waals surface area contributed by atoms with Crippen LogP contribution < -0.4 is 14.8 Å². The normalized spacial score (nSPS) is 23.1. The van der Waals surface area contributed by atoms with E-state index in [0.29, 0.717) is 4.91 Å². The number of hydrogen-bond donors (Lipinski definition) is 4. The summed E-state index contributed by atoms with van der Waals surface area (Å²) in [6, 6.07) is 0. The van der Waals surface area contributed by atoms with Gasteiger partial charge in [-0.1, -0.05) is 41.8 Å². The molecule has 2 aliphatic rings. The van der Waals surface area contributed by atoms with Gasteiger partial charge >= 0.3 is 17.9 Å². The maximum atomic E-state index is 13.2. The zero-order valence-corrected chi connectivity index (χ0v) is 19.8. The van der Waals surface area contributed by atoms with Crippen LogP contribution in [0.1, 0.15) is 6.92 Å². The molecule has 0 radical (unpaired) electrons. The number of carboxylic acid groups (broad SMARTS) is 3. The highest BCUT2D eigenvalue weighted by Crippen LogP contribution is 2.41. The quantitative estimate of drug-likeness (QED) is 0.310. The Morgan fingerprint density at radius 1 is 1.03 bits per heavy atom. The number of amides is 1. The van der Waals surface area contributed by atoms with E-state index in [1.165, 1.54) is 0 Å². The number of aliphatic hydroxyl groups is 1. The summed E-state index contributed by atoms with van der Waals surface area (Å²) in [5.74, 6) is -4.74. The number of aliphatic carboxylic acids is 3. The zero-order chi connectivity index (χ0) is 24.6. The third-order valence-electron chi connectivity index (χ3n) is 4.32. The van der Waals surface area contributed by atoms with Crippen molar-refractivity contribution in [3.8, 4) is 0 Å². The number of rotatable bonds is 6. The van der Waals surface area contributed by atoms with E-state index in [2.05, 4.69) is 0 Å². The van der Waals surface area contributed by atoms with Crippen LogP contribution in [0.3, 0.4) is 0 Å². The van der Waals surface area contributed by atoms with E-state index >= 15 is 0 Å². The molecule has 2 saturated heterocycles. The molecule has 1 amide bonds. The molecule has 1 aromatic rings. The number of allylic oxidation sites excluding steroid dienone is 1. The van der Waals surface area contributed by atoms with Gasteiger partial charge in [-0.05, 0) is 6.92 Å². The van der Waals surface area contributed by atoms with Gasteiger partial charge in [0.15, 0.2) is 6.23 Å². The van der Waals surface area contributed by atoms with Crippen LogP contribution in [0.25, 0.3) is 9.93 Å². The average molecular weight is 534 g/mol. The molecule has 0 spiro atoms. The minimum atomic E-state index is -1.37. The summed E-state index contributed by atoms with van der Waals surface area (Å²) >= 11 is 7.49. The number of nitrogens with zero attached hydrogens (tertiary/aromatic N) is 3. The highest BCUT2D eigenvalue weighted by molar-refractivity contribution is 8.30.